The highest BCUT2D eigenvalue weighted by atomic mass is 32.1. The maximum atomic E-state index is 13.2. The molecule has 0 aliphatic rings. The van der Waals surface area contributed by atoms with Crippen molar-refractivity contribution in [2.24, 2.45) is 0 Å². The maximum Gasteiger partial charge on any atom is 0.317 e. The normalized spacial score (nSPS) is 13.6. The van der Waals surface area contributed by atoms with E-state index < -0.39 is 11.4 Å². The van der Waals surface area contributed by atoms with Gasteiger partial charge in [-0.15, -0.1) is 11.3 Å². The van der Waals surface area contributed by atoms with Crippen LogP contribution in [0.1, 0.15) is 44.7 Å². The van der Waals surface area contributed by atoms with E-state index in [0.717, 1.165) is 27.2 Å². The Morgan fingerprint density at radius 3 is 2.37 bits per heavy atom. The Hall–Kier alpha value is -2.73. The van der Waals surface area contributed by atoms with Crippen molar-refractivity contribution in [1.82, 2.24) is 10.3 Å². The van der Waals surface area contributed by atoms with Crippen molar-refractivity contribution in [3.63, 3.8) is 0 Å². The average Bonchev–Trinajstić information content (AvgIpc) is 3.14. The Morgan fingerprint density at radius 1 is 1.03 bits per heavy atom. The van der Waals surface area contributed by atoms with Gasteiger partial charge >= 0.3 is 5.97 Å². The molecule has 0 radical (unpaired) electrons. The zero-order valence-corrected chi connectivity index (χ0v) is 18.7. The molecule has 3 aromatic rings. The number of hydrogen-bond acceptors (Lipinski definition) is 5. The van der Waals surface area contributed by atoms with Gasteiger partial charge in [-0.2, -0.15) is 0 Å². The van der Waals surface area contributed by atoms with Crippen LogP contribution in [0.4, 0.5) is 0 Å². The molecule has 1 atom stereocenters. The van der Waals surface area contributed by atoms with E-state index in [4.69, 9.17) is 9.72 Å². The van der Waals surface area contributed by atoms with Crippen LogP contribution in [-0.4, -0.2) is 29.0 Å². The van der Waals surface area contributed by atoms with Crippen molar-refractivity contribution in [1.29, 1.82) is 0 Å². The number of thiazole rings is 1. The lowest BCUT2D eigenvalue weighted by atomic mass is 9.79. The van der Waals surface area contributed by atoms with Crippen LogP contribution in [0.3, 0.4) is 0 Å². The first-order valence-corrected chi connectivity index (χ1v) is 10.9. The van der Waals surface area contributed by atoms with Gasteiger partial charge in [-0.05, 0) is 44.9 Å². The molecule has 1 N–H and O–H groups in total. The lowest BCUT2D eigenvalue weighted by Gasteiger charge is -2.28. The molecule has 1 aromatic heterocycles. The number of ether oxygens (including phenoxy) is 1. The largest absolute Gasteiger partial charge is 0.455 e. The fourth-order valence-corrected chi connectivity index (χ4v) is 4.31. The van der Waals surface area contributed by atoms with Crippen LogP contribution in [0.2, 0.25) is 0 Å². The molecule has 6 heteroatoms. The van der Waals surface area contributed by atoms with E-state index in [1.165, 1.54) is 0 Å². The van der Waals surface area contributed by atoms with E-state index in [2.05, 4.69) is 5.32 Å². The Kier molecular flexibility index (Phi) is 6.56. The lowest BCUT2D eigenvalue weighted by Crippen LogP contribution is -2.46. The molecule has 2 aromatic carbocycles. The third-order valence-electron chi connectivity index (χ3n) is 5.40. The summed E-state index contributed by atoms with van der Waals surface area (Å²) in [4.78, 5) is 30.2. The molecule has 0 saturated carbocycles. The Morgan fingerprint density at radius 2 is 1.70 bits per heavy atom. The second-order valence-corrected chi connectivity index (χ2v) is 9.43. The predicted octanol–water partition coefficient (Wildman–Crippen LogP) is 4.64. The van der Waals surface area contributed by atoms with Gasteiger partial charge < -0.3 is 10.1 Å². The molecule has 0 bridgehead atoms. The summed E-state index contributed by atoms with van der Waals surface area (Å²) in [6.07, 6.45) is 1.18. The Labute approximate surface area is 181 Å². The highest BCUT2D eigenvalue weighted by Crippen LogP contribution is 2.33. The van der Waals surface area contributed by atoms with E-state index in [-0.39, 0.29) is 18.1 Å². The minimum Gasteiger partial charge on any atom is -0.455 e. The summed E-state index contributed by atoms with van der Waals surface area (Å²) in [6, 6.07) is 17.4. The van der Waals surface area contributed by atoms with Crippen molar-refractivity contribution in [2.45, 2.75) is 51.5 Å². The van der Waals surface area contributed by atoms with Crippen LogP contribution in [0.15, 0.2) is 54.6 Å². The Bertz CT molecular complexity index is 996. The van der Waals surface area contributed by atoms with Gasteiger partial charge in [0.1, 0.15) is 0 Å². The second kappa shape index (κ2) is 8.96. The van der Waals surface area contributed by atoms with Gasteiger partial charge in [-0.25, -0.2) is 4.98 Å². The highest BCUT2D eigenvalue weighted by Gasteiger charge is 2.38. The van der Waals surface area contributed by atoms with Gasteiger partial charge in [-0.3, -0.25) is 9.59 Å². The molecule has 1 amide bonds. The molecule has 0 spiro atoms. The number of para-hydroxylation sites is 1. The van der Waals surface area contributed by atoms with Crippen molar-refractivity contribution in [3.8, 4) is 0 Å². The number of aromatic nitrogens is 1. The number of rotatable bonds is 8. The summed E-state index contributed by atoms with van der Waals surface area (Å²) in [5.41, 5.74) is 0.467. The van der Waals surface area contributed by atoms with Crippen molar-refractivity contribution < 1.29 is 14.3 Å². The quantitative estimate of drug-likeness (QED) is 0.535. The minimum absolute atomic E-state index is 0.300. The zero-order chi connectivity index (χ0) is 21.8. The standard InChI is InChI=1S/C24H28N2O3S/c1-5-23(2,3)26-20(27)16-29-22(28)24(4,17-11-7-6-8-12-17)15-21-25-18-13-9-10-14-19(18)30-21/h6-14H,5,15-16H2,1-4H3,(H,26,27)/t24-/m0/s1. The van der Waals surface area contributed by atoms with Crippen molar-refractivity contribution >= 4 is 33.4 Å². The van der Waals surface area contributed by atoms with Crippen LogP contribution in [0.25, 0.3) is 10.2 Å². The first-order valence-electron chi connectivity index (χ1n) is 10.1. The fraction of sp³-hybridized carbons (Fsp3) is 0.375. The van der Waals surface area contributed by atoms with Crippen molar-refractivity contribution in [3.05, 3.63) is 65.2 Å². The van der Waals surface area contributed by atoms with Gasteiger partial charge in [0.05, 0.1) is 20.6 Å². The number of nitrogens with zero attached hydrogens (tertiary/aromatic N) is 1. The predicted molar refractivity (Wildman–Crippen MR) is 121 cm³/mol. The number of carbonyl (C=O) groups excluding carboxylic acids is 2. The third-order valence-corrected chi connectivity index (χ3v) is 6.44. The minimum atomic E-state index is -0.949. The monoisotopic (exact) mass is 424 g/mol. The van der Waals surface area contributed by atoms with Gasteiger partial charge in [0.15, 0.2) is 6.61 Å². The van der Waals surface area contributed by atoms with Crippen LogP contribution in [0, 0.1) is 0 Å². The number of hydrogen-bond donors (Lipinski definition) is 1. The summed E-state index contributed by atoms with van der Waals surface area (Å²) in [6.45, 7) is 7.42. The van der Waals surface area contributed by atoms with E-state index in [0.29, 0.717) is 6.42 Å². The molecule has 0 saturated heterocycles. The van der Waals surface area contributed by atoms with Crippen LogP contribution < -0.4 is 5.32 Å². The number of esters is 1. The molecule has 0 unspecified atom stereocenters. The van der Waals surface area contributed by atoms with E-state index in [1.54, 1.807) is 11.3 Å². The van der Waals surface area contributed by atoms with Crippen LogP contribution in [0.5, 0.6) is 0 Å². The highest BCUT2D eigenvalue weighted by molar-refractivity contribution is 7.18. The summed E-state index contributed by atoms with van der Waals surface area (Å²) in [5.74, 6) is -0.733. The molecule has 5 nitrogen and oxygen atoms in total. The van der Waals surface area contributed by atoms with E-state index >= 15 is 0 Å². The number of benzene rings is 2. The summed E-state index contributed by atoms with van der Waals surface area (Å²) >= 11 is 1.57. The van der Waals surface area contributed by atoms with Crippen LogP contribution in [-0.2, 0) is 26.2 Å². The van der Waals surface area contributed by atoms with E-state index in [1.807, 2.05) is 82.3 Å². The first kappa shape index (κ1) is 22.0. The summed E-state index contributed by atoms with van der Waals surface area (Å²) < 4.78 is 6.57. The number of fused-ring (bicyclic) bond motifs is 1. The Balaban J connectivity index is 1.81. The van der Waals surface area contributed by atoms with Gasteiger partial charge in [0.2, 0.25) is 0 Å². The molecule has 3 rings (SSSR count). The molecular formula is C24H28N2O3S. The third kappa shape index (κ3) is 5.05. The number of carbonyl (C=O) groups is 2. The SMILES string of the molecule is CCC(C)(C)NC(=O)COC(=O)[C@@](C)(Cc1nc2ccccc2s1)c1ccccc1. The number of amides is 1. The van der Waals surface area contributed by atoms with Gasteiger partial charge in [0.25, 0.3) is 5.91 Å². The molecule has 0 aliphatic carbocycles. The van der Waals surface area contributed by atoms with Gasteiger partial charge in [-0.1, -0.05) is 49.4 Å². The van der Waals surface area contributed by atoms with Gasteiger partial charge in [0, 0.05) is 12.0 Å². The topological polar surface area (TPSA) is 68.3 Å². The summed E-state index contributed by atoms with van der Waals surface area (Å²) in [7, 11) is 0. The number of nitrogens with one attached hydrogen (secondary N) is 1. The van der Waals surface area contributed by atoms with Crippen LogP contribution >= 0.6 is 11.3 Å². The maximum absolute atomic E-state index is 13.2. The smallest absolute Gasteiger partial charge is 0.317 e. The molecular weight excluding hydrogens is 396 g/mol. The fourth-order valence-electron chi connectivity index (χ4n) is 3.19. The molecule has 30 heavy (non-hydrogen) atoms. The lowest BCUT2D eigenvalue weighted by molar-refractivity contribution is -0.154. The molecule has 0 fully saturated rings. The van der Waals surface area contributed by atoms with Crippen molar-refractivity contribution in [2.75, 3.05) is 6.61 Å². The van der Waals surface area contributed by atoms with E-state index in [9.17, 15) is 9.59 Å². The molecule has 158 valence electrons. The first-order chi connectivity index (χ1) is 14.2. The molecule has 1 heterocycles. The average molecular weight is 425 g/mol. The summed E-state index contributed by atoms with van der Waals surface area (Å²) in [5, 5.41) is 3.75. The molecule has 0 aliphatic heterocycles. The zero-order valence-electron chi connectivity index (χ0n) is 17.9. The second-order valence-electron chi connectivity index (χ2n) is 8.31.